The maximum atomic E-state index is 14.5. The summed E-state index contributed by atoms with van der Waals surface area (Å²) in [6, 6.07) is -5.49. The van der Waals surface area contributed by atoms with Crippen molar-refractivity contribution in [2.45, 2.75) is 224 Å². The number of likely N-dealkylation sites (N-methyl/N-ethyl adjacent to an activating group) is 1. The van der Waals surface area contributed by atoms with E-state index in [0.717, 1.165) is 5.56 Å². The van der Waals surface area contributed by atoms with Crippen molar-refractivity contribution in [3.63, 3.8) is 0 Å². The van der Waals surface area contributed by atoms with Crippen LogP contribution in [0.2, 0.25) is 0 Å². The molecule has 16 atom stereocenters. The van der Waals surface area contributed by atoms with Crippen molar-refractivity contribution in [1.82, 2.24) is 58.5 Å². The number of hydrogen-bond acceptors (Lipinski definition) is 16. The number of hydrogen-bond donors (Lipinski definition) is 14. The Labute approximate surface area is 531 Å². The van der Waals surface area contributed by atoms with Crippen molar-refractivity contribution in [2.24, 2.45) is 29.4 Å². The van der Waals surface area contributed by atoms with E-state index in [9.17, 15) is 76.5 Å². The molecule has 0 radical (unpaired) electrons. The summed E-state index contributed by atoms with van der Waals surface area (Å²) in [4.78, 5) is 166. The number of alkyl halides is 2. The lowest BCUT2D eigenvalue weighted by Gasteiger charge is -2.31. The number of nitrogens with one attached hydrogen (secondary N) is 11. The summed E-state index contributed by atoms with van der Waals surface area (Å²) in [5, 5.41) is 49.3. The van der Waals surface area contributed by atoms with Crippen LogP contribution < -0.4 is 64.2 Å². The zero-order chi connectivity index (χ0) is 68.3. The van der Waals surface area contributed by atoms with Gasteiger partial charge in [0, 0.05) is 19.3 Å². The number of unbranched alkanes of at least 4 members (excludes halogenated alkanes) is 3. The van der Waals surface area contributed by atoms with Gasteiger partial charge in [0.2, 0.25) is 71.4 Å². The van der Waals surface area contributed by atoms with E-state index in [1.54, 1.807) is 54.7 Å². The molecule has 27 nitrogen and oxygen atoms in total. The molecule has 11 amide bonds. The van der Waals surface area contributed by atoms with Gasteiger partial charge in [-0.15, -0.1) is 6.58 Å². The Morgan fingerprint density at radius 1 is 0.703 bits per heavy atom. The van der Waals surface area contributed by atoms with Gasteiger partial charge in [0.05, 0.1) is 24.8 Å². The Morgan fingerprint density at radius 3 is 1.77 bits per heavy atom. The van der Waals surface area contributed by atoms with Gasteiger partial charge >= 0.3 is 5.97 Å². The number of esters is 1. The largest absolute Gasteiger partial charge is 0.458 e. The second-order valence-corrected chi connectivity index (χ2v) is 24.0. The highest BCUT2D eigenvalue weighted by Gasteiger charge is 2.57. The van der Waals surface area contributed by atoms with Crippen LogP contribution in [-0.2, 0) is 68.7 Å². The van der Waals surface area contributed by atoms with Crippen LogP contribution in [-0.4, -0.2) is 180 Å². The first kappa shape index (κ1) is 77.6. The Hall–Kier alpha value is -7.66. The number of halogens is 2. The first-order valence-corrected chi connectivity index (χ1v) is 31.4. The maximum absolute atomic E-state index is 14.5. The van der Waals surface area contributed by atoms with Crippen molar-refractivity contribution in [1.29, 1.82) is 0 Å². The third kappa shape index (κ3) is 24.5. The molecule has 2 fully saturated rings. The summed E-state index contributed by atoms with van der Waals surface area (Å²) in [7, 11) is 1.59. The number of primary amides is 1. The first-order chi connectivity index (χ1) is 43.0. The fourth-order valence-electron chi connectivity index (χ4n) is 10.4. The van der Waals surface area contributed by atoms with Crippen molar-refractivity contribution >= 4 is 70.9 Å². The summed E-state index contributed by atoms with van der Waals surface area (Å²) in [5.41, 5.74) is 4.89. The number of rotatable bonds is 36. The molecule has 1 aliphatic carbocycles. The van der Waals surface area contributed by atoms with Crippen LogP contribution in [0.1, 0.15) is 144 Å². The fourth-order valence-corrected chi connectivity index (χ4v) is 10.4. The van der Waals surface area contributed by atoms with Crippen molar-refractivity contribution in [3.05, 3.63) is 48.6 Å². The van der Waals surface area contributed by atoms with E-state index in [4.69, 9.17) is 10.5 Å². The molecule has 1 heterocycles. The Bertz CT molecular complexity index is 2660. The molecular formula is C62H98F2N12O15. The highest BCUT2D eigenvalue weighted by Crippen LogP contribution is 2.49. The van der Waals surface area contributed by atoms with Crippen LogP contribution in [0.15, 0.2) is 43.0 Å². The molecule has 0 aromatic heterocycles. The number of carbonyl (C=O) groups excluding carboxylic acids is 12. The molecule has 29 heteroatoms. The summed E-state index contributed by atoms with van der Waals surface area (Å²) < 4.78 is 32.8. The number of carbonyl (C=O) groups is 12. The van der Waals surface area contributed by atoms with E-state index in [-0.39, 0.29) is 25.7 Å². The highest BCUT2D eigenvalue weighted by atomic mass is 19.3. The Morgan fingerprint density at radius 2 is 1.23 bits per heavy atom. The lowest BCUT2D eigenvalue weighted by atomic mass is 9.96. The smallest absolute Gasteiger partial charge is 0.329 e. The molecular weight excluding hydrogens is 1190 g/mol. The second kappa shape index (κ2) is 38.3. The monoisotopic (exact) mass is 1290 g/mol. The van der Waals surface area contributed by atoms with Crippen molar-refractivity contribution < 1.29 is 81.3 Å². The number of aliphatic hydroxyl groups is 2. The zero-order valence-corrected chi connectivity index (χ0v) is 53.8. The maximum Gasteiger partial charge on any atom is 0.329 e. The molecule has 1 aromatic carbocycles. The van der Waals surface area contributed by atoms with Crippen molar-refractivity contribution in [3.8, 4) is 0 Å². The fraction of sp³-hybridized carbons (Fsp3) is 0.677. The molecule has 1 aromatic rings. The van der Waals surface area contributed by atoms with Crippen LogP contribution >= 0.6 is 0 Å². The molecule has 91 heavy (non-hydrogen) atoms. The Kier molecular flexibility index (Phi) is 32.6. The number of ether oxygens (including phenoxy) is 1. The van der Waals surface area contributed by atoms with E-state index in [1.807, 2.05) is 30.3 Å². The van der Waals surface area contributed by atoms with Gasteiger partial charge in [-0.1, -0.05) is 110 Å². The molecule has 15 N–H and O–H groups in total. The third-order valence-corrected chi connectivity index (χ3v) is 16.9. The first-order valence-electron chi connectivity index (χ1n) is 31.4. The number of cyclic esters (lactones) is 1. The van der Waals surface area contributed by atoms with Gasteiger partial charge in [-0.3, -0.25) is 52.7 Å². The van der Waals surface area contributed by atoms with Gasteiger partial charge in [-0.2, -0.15) is 0 Å². The minimum Gasteiger partial charge on any atom is -0.458 e. The lowest BCUT2D eigenvalue weighted by molar-refractivity contribution is -0.157. The number of aliphatic hydroxyl groups excluding tert-OH is 2. The number of benzene rings is 1. The summed E-state index contributed by atoms with van der Waals surface area (Å²) >= 11 is 0. The van der Waals surface area contributed by atoms with Crippen LogP contribution in [0.3, 0.4) is 0 Å². The van der Waals surface area contributed by atoms with Gasteiger partial charge in [0.1, 0.15) is 60.5 Å². The van der Waals surface area contributed by atoms with E-state index < -0.39 is 212 Å². The Balaban J connectivity index is 1.90. The van der Waals surface area contributed by atoms with Crippen LogP contribution in [0.4, 0.5) is 8.78 Å². The quantitative estimate of drug-likeness (QED) is 0.0231. The molecule has 1 spiro atoms. The molecule has 0 unspecified atom stereocenters. The minimum atomic E-state index is -2.76. The van der Waals surface area contributed by atoms with E-state index in [0.29, 0.717) is 38.5 Å². The van der Waals surface area contributed by atoms with E-state index in [1.165, 1.54) is 13.8 Å². The number of nitrogens with two attached hydrogens (primary N) is 1. The molecule has 0 bridgehead atoms. The lowest BCUT2D eigenvalue weighted by Crippen LogP contribution is -2.63. The van der Waals surface area contributed by atoms with Gasteiger partial charge in [-0.05, 0) is 88.7 Å². The van der Waals surface area contributed by atoms with Gasteiger partial charge in [0.25, 0.3) is 0 Å². The SMILES string of the molecule is C=CCCCCC[C@H](NC(=O)[C@H](NC(=O)[C@@H](CCC(N)=O)NC(=O)[C@H](CO)NC(=O)[C@@H](NC(=O)[C@@H](Cc1ccccc1)NC)[C@@H](C)CC)[C@@H](C)CC)C(=O)N[C@@H](CO)C(=O)N[C@H]1C(=O)N[C@@H](C)C(=O)N[C@]2(CC(=O)N[C@@H]([C@@H](C)CC)C(=O)O[C@H]1C)C[C@H]2CC(F)F. The average Bonchev–Trinajstić information content (AvgIpc) is 1.61. The highest BCUT2D eigenvalue weighted by molar-refractivity contribution is 5.99. The third-order valence-electron chi connectivity index (χ3n) is 16.9. The minimum absolute atomic E-state index is 0.00731. The molecule has 1 saturated heterocycles. The second-order valence-electron chi connectivity index (χ2n) is 24.0. The molecule has 1 aliphatic heterocycles. The number of allylic oxidation sites excluding steroid dienone is 1. The van der Waals surface area contributed by atoms with E-state index >= 15 is 0 Å². The molecule has 2 aliphatic rings. The van der Waals surface area contributed by atoms with Crippen molar-refractivity contribution in [2.75, 3.05) is 20.3 Å². The predicted octanol–water partition coefficient (Wildman–Crippen LogP) is -0.409. The van der Waals surface area contributed by atoms with Crippen LogP contribution in [0.25, 0.3) is 0 Å². The molecule has 3 rings (SSSR count). The standard InChI is InChI=1S/C62H98F2N12O15/c1-11-15-16-17-21-24-40(53(82)70-44(32-78)57(86)75-51-37(9)91-61(90)50(35(7)14-4)72-47(80)30-62(29-39(62)28-45(63)64)76-52(81)36(8)67-60(51)89)69-58(87)48(33(5)12-2)73-54(83)41(25-26-46(65)79)68-56(85)43(31-77)71-59(88)49(34(6)13-3)74-55(84)42(66-10)27-38-22-19-18-20-23-38/h11,18-20,22-23,33-37,39-45,48-51,66,77-78H,1,12-17,21,24-32H2,2-10H3,(H2,65,79)(H,67,89)(H,68,85)(H,69,87)(H,70,82)(H,71,88)(H,72,80)(H,73,83)(H,74,84)(H,75,86)(H,76,81)/t33-,34-,35-,36-,37-,39+,40-,41+,42+,43-,44-,48+,49-,50-,51+,62-/m0/s1. The summed E-state index contributed by atoms with van der Waals surface area (Å²) in [6.07, 6.45) is -1.29. The predicted molar refractivity (Wildman–Crippen MR) is 330 cm³/mol. The van der Waals surface area contributed by atoms with Gasteiger partial charge in [-0.25, -0.2) is 13.6 Å². The number of amides is 11. The molecule has 1 saturated carbocycles. The average molecular weight is 1290 g/mol. The van der Waals surface area contributed by atoms with E-state index in [2.05, 4.69) is 65.1 Å². The molecule has 510 valence electrons. The van der Waals surface area contributed by atoms with Gasteiger partial charge < -0.3 is 79.2 Å². The summed E-state index contributed by atoms with van der Waals surface area (Å²) in [6.45, 7) is 14.3. The summed E-state index contributed by atoms with van der Waals surface area (Å²) in [5.74, 6) is -13.7. The van der Waals surface area contributed by atoms with Crippen LogP contribution in [0, 0.1) is 23.7 Å². The topological polar surface area (TPSA) is 413 Å². The normalized spacial score (nSPS) is 22.7. The van der Waals surface area contributed by atoms with Crippen LogP contribution in [0.5, 0.6) is 0 Å². The zero-order valence-electron chi connectivity index (χ0n) is 53.8. The van der Waals surface area contributed by atoms with Gasteiger partial charge in [0.15, 0.2) is 0 Å².